The van der Waals surface area contributed by atoms with E-state index in [1.54, 1.807) is 19.1 Å². The molecule has 0 aliphatic rings. The van der Waals surface area contributed by atoms with Gasteiger partial charge in [-0.25, -0.2) is 9.59 Å². The fraction of sp³-hybridized carbons (Fsp3) is 0.444. The maximum atomic E-state index is 12.6. The van der Waals surface area contributed by atoms with Crippen LogP contribution in [0.25, 0.3) is 0 Å². The van der Waals surface area contributed by atoms with Gasteiger partial charge in [-0.05, 0) is 68.0 Å². The lowest BCUT2D eigenvalue weighted by Gasteiger charge is -2.17. The second-order valence-corrected chi connectivity index (χ2v) is 10.7. The highest BCUT2D eigenvalue weighted by atomic mass is 32.2. The Morgan fingerprint density at radius 2 is 1.62 bits per heavy atom. The molecule has 0 aliphatic heterocycles. The molecule has 7 N–H and O–H groups in total. The van der Waals surface area contributed by atoms with Gasteiger partial charge < -0.3 is 35.8 Å². The van der Waals surface area contributed by atoms with Gasteiger partial charge in [-0.2, -0.15) is 8.42 Å². The Hall–Kier alpha value is -3.68. The Kier molecular flexibility index (Phi) is 13.4. The highest BCUT2D eigenvalue weighted by Crippen LogP contribution is 2.16. The number of ether oxygens (including phenoxy) is 2. The minimum Gasteiger partial charge on any atom is -0.390 e. The van der Waals surface area contributed by atoms with Gasteiger partial charge in [0.15, 0.2) is 12.1 Å². The van der Waals surface area contributed by atoms with E-state index in [0.717, 1.165) is 42.5 Å². The Morgan fingerprint density at radius 3 is 2.23 bits per heavy atom. The summed E-state index contributed by atoms with van der Waals surface area (Å²) in [5.41, 5.74) is 13.8. The van der Waals surface area contributed by atoms with Crippen molar-refractivity contribution < 1.29 is 31.7 Å². The van der Waals surface area contributed by atoms with E-state index < -0.39 is 34.2 Å². The highest BCUT2D eigenvalue weighted by molar-refractivity contribution is 7.86. The first kappa shape index (κ1) is 32.5. The Labute approximate surface area is 235 Å². The van der Waals surface area contributed by atoms with Crippen LogP contribution < -0.4 is 26.3 Å². The molecule has 0 bridgehead atoms. The molecular weight excluding hydrogens is 538 g/mol. The minimum absolute atomic E-state index is 0.168. The largest absolute Gasteiger partial charge is 0.390 e. The SMILES string of the molecule is CCOC(Cc1ccc(NCCCc2ccc(OS(C)(=O)=O)cc2)cc1)C(=O)OC(=O)[C@@H](N)CCCNC(=N)N. The van der Waals surface area contributed by atoms with Crippen molar-refractivity contribution in [3.05, 3.63) is 59.7 Å². The summed E-state index contributed by atoms with van der Waals surface area (Å²) in [6, 6.07) is 13.5. The van der Waals surface area contributed by atoms with E-state index >= 15 is 0 Å². The van der Waals surface area contributed by atoms with Gasteiger partial charge in [0.25, 0.3) is 0 Å². The van der Waals surface area contributed by atoms with Crippen molar-refractivity contribution in [2.75, 3.05) is 31.3 Å². The minimum atomic E-state index is -3.54. The van der Waals surface area contributed by atoms with Crippen LogP contribution in [0.4, 0.5) is 5.69 Å². The number of nitrogens with two attached hydrogens (primary N) is 2. The number of carbonyl (C=O) groups is 2. The quantitative estimate of drug-likeness (QED) is 0.0458. The molecule has 0 amide bonds. The van der Waals surface area contributed by atoms with Crippen molar-refractivity contribution in [3.8, 4) is 5.75 Å². The summed E-state index contributed by atoms with van der Waals surface area (Å²) >= 11 is 0. The van der Waals surface area contributed by atoms with E-state index in [0.29, 0.717) is 13.0 Å². The second kappa shape index (κ2) is 16.4. The summed E-state index contributed by atoms with van der Waals surface area (Å²) in [6.07, 6.45) is 2.70. The first-order valence-corrected chi connectivity index (χ1v) is 14.8. The summed E-state index contributed by atoms with van der Waals surface area (Å²) in [4.78, 5) is 24.8. The van der Waals surface area contributed by atoms with Crippen molar-refractivity contribution in [2.45, 2.75) is 51.2 Å². The number of anilines is 1. The zero-order valence-electron chi connectivity index (χ0n) is 22.9. The molecule has 0 aliphatic carbocycles. The fourth-order valence-electron chi connectivity index (χ4n) is 3.70. The van der Waals surface area contributed by atoms with Gasteiger partial charge in [0.2, 0.25) is 0 Å². The van der Waals surface area contributed by atoms with Crippen molar-refractivity contribution >= 4 is 33.7 Å². The molecule has 0 spiro atoms. The van der Waals surface area contributed by atoms with Crippen LogP contribution in [0.2, 0.25) is 0 Å². The molecule has 13 heteroatoms. The van der Waals surface area contributed by atoms with E-state index in [9.17, 15) is 18.0 Å². The van der Waals surface area contributed by atoms with Crippen LogP contribution in [0.15, 0.2) is 48.5 Å². The van der Waals surface area contributed by atoms with Gasteiger partial charge in [0.05, 0.1) is 6.26 Å². The van der Waals surface area contributed by atoms with Crippen LogP contribution in [-0.2, 0) is 42.0 Å². The predicted molar refractivity (Wildman–Crippen MR) is 153 cm³/mol. The molecule has 2 aromatic carbocycles. The lowest BCUT2D eigenvalue weighted by atomic mass is 10.1. The summed E-state index contributed by atoms with van der Waals surface area (Å²) in [5.74, 6) is -1.49. The summed E-state index contributed by atoms with van der Waals surface area (Å²) < 4.78 is 37.7. The van der Waals surface area contributed by atoms with E-state index in [4.69, 9.17) is 30.5 Å². The Morgan fingerprint density at radius 1 is 0.975 bits per heavy atom. The second-order valence-electron chi connectivity index (χ2n) is 9.14. The third kappa shape index (κ3) is 12.9. The molecule has 2 aromatic rings. The van der Waals surface area contributed by atoms with E-state index in [1.807, 2.05) is 36.4 Å². The first-order valence-electron chi connectivity index (χ1n) is 13.0. The maximum Gasteiger partial charge on any atom is 0.343 e. The summed E-state index contributed by atoms with van der Waals surface area (Å²) in [5, 5.41) is 13.1. The number of guanidine groups is 1. The number of rotatable bonds is 17. The molecule has 2 rings (SSSR count). The Bertz CT molecular complexity index is 1200. The lowest BCUT2D eigenvalue weighted by Crippen LogP contribution is -2.39. The topological polar surface area (TPSA) is 196 Å². The molecule has 0 aromatic heterocycles. The van der Waals surface area contributed by atoms with Gasteiger partial charge in [-0.15, -0.1) is 0 Å². The van der Waals surface area contributed by atoms with E-state index in [2.05, 4.69) is 10.6 Å². The molecule has 0 radical (unpaired) electrons. The van der Waals surface area contributed by atoms with Gasteiger partial charge in [0.1, 0.15) is 11.8 Å². The normalized spacial score (nSPS) is 12.7. The van der Waals surface area contributed by atoms with Crippen molar-refractivity contribution in [3.63, 3.8) is 0 Å². The van der Waals surface area contributed by atoms with Crippen molar-refractivity contribution in [2.24, 2.45) is 11.5 Å². The molecular formula is C27H39N5O7S. The molecule has 12 nitrogen and oxygen atoms in total. The molecule has 0 saturated carbocycles. The molecule has 40 heavy (non-hydrogen) atoms. The average Bonchev–Trinajstić information content (AvgIpc) is 2.89. The van der Waals surface area contributed by atoms with Crippen LogP contribution in [0.3, 0.4) is 0 Å². The summed E-state index contributed by atoms with van der Waals surface area (Å²) in [6.45, 7) is 3.13. The van der Waals surface area contributed by atoms with Crippen molar-refractivity contribution in [1.29, 1.82) is 5.41 Å². The predicted octanol–water partition coefficient (Wildman–Crippen LogP) is 1.68. The molecule has 0 fully saturated rings. The third-order valence-corrected chi connectivity index (χ3v) is 6.15. The monoisotopic (exact) mass is 577 g/mol. The Balaban J connectivity index is 1.78. The molecule has 0 saturated heterocycles. The lowest BCUT2D eigenvalue weighted by molar-refractivity contribution is -0.169. The third-order valence-electron chi connectivity index (χ3n) is 5.66. The first-order chi connectivity index (χ1) is 19.0. The number of nitrogens with one attached hydrogen (secondary N) is 3. The van der Waals surface area contributed by atoms with E-state index in [1.165, 1.54) is 0 Å². The average molecular weight is 578 g/mol. The van der Waals surface area contributed by atoms with Crippen LogP contribution in [0.1, 0.15) is 37.3 Å². The number of aryl methyl sites for hydroxylation is 1. The van der Waals surface area contributed by atoms with Crippen LogP contribution >= 0.6 is 0 Å². The van der Waals surface area contributed by atoms with E-state index in [-0.39, 0.29) is 31.2 Å². The molecule has 0 heterocycles. The standard InChI is InChI=1S/C27H39N5O7S/c1-3-37-24(26(34)38-25(33)23(28)7-5-17-32-27(29)30)18-20-8-12-21(13-9-20)31-16-4-6-19-10-14-22(15-11-19)39-40(2,35)36/h8-15,23-24,31H,3-7,16-18,28H2,1-2H3,(H4,29,30,32)/t23-,24?/m0/s1. The smallest absolute Gasteiger partial charge is 0.343 e. The van der Waals surface area contributed by atoms with Gasteiger partial charge in [-0.1, -0.05) is 24.3 Å². The number of benzene rings is 2. The number of hydrogen-bond acceptors (Lipinski definition) is 10. The van der Waals surface area contributed by atoms with Crippen molar-refractivity contribution in [1.82, 2.24) is 5.32 Å². The van der Waals surface area contributed by atoms with Gasteiger partial charge >= 0.3 is 22.1 Å². The van der Waals surface area contributed by atoms with Crippen LogP contribution in [-0.4, -0.2) is 64.4 Å². The highest BCUT2D eigenvalue weighted by Gasteiger charge is 2.26. The van der Waals surface area contributed by atoms with Crippen LogP contribution in [0, 0.1) is 5.41 Å². The molecule has 2 atom stereocenters. The molecule has 220 valence electrons. The fourth-order valence-corrected chi connectivity index (χ4v) is 4.16. The van der Waals surface area contributed by atoms with Gasteiger partial charge in [-0.3, -0.25) is 5.41 Å². The number of carbonyl (C=O) groups excluding carboxylic acids is 2. The number of esters is 2. The number of hydrogen-bond donors (Lipinski definition) is 5. The zero-order chi connectivity index (χ0) is 29.5. The van der Waals surface area contributed by atoms with Crippen LogP contribution in [0.5, 0.6) is 5.75 Å². The summed E-state index contributed by atoms with van der Waals surface area (Å²) in [7, 11) is -3.54. The molecule has 1 unspecified atom stereocenters. The maximum absolute atomic E-state index is 12.6. The van der Waals surface area contributed by atoms with Gasteiger partial charge in [0, 0.05) is 31.8 Å². The zero-order valence-corrected chi connectivity index (χ0v) is 23.7.